The largest absolute Gasteiger partial charge is 0.399 e. The molecule has 1 heteroatoms. The zero-order valence-corrected chi connectivity index (χ0v) is 8.82. The quantitative estimate of drug-likeness (QED) is 0.506. The molecule has 1 nitrogen and oxygen atoms in total. The van der Waals surface area contributed by atoms with Crippen LogP contribution in [0.2, 0.25) is 0 Å². The Kier molecular flexibility index (Phi) is 23.7. The first-order valence-electron chi connectivity index (χ1n) is 4.31. The number of allylic oxidation sites excluding steroid dienone is 1. The third-order valence-electron chi connectivity index (χ3n) is 1.01. The Hall–Kier alpha value is -0.980. The molecule has 0 aromatic heterocycles. The van der Waals surface area contributed by atoms with Gasteiger partial charge in [-0.3, -0.25) is 0 Å². The maximum absolute atomic E-state index is 5.33. The molecule has 0 bridgehead atoms. The van der Waals surface area contributed by atoms with Gasteiger partial charge in [0.25, 0.3) is 0 Å². The molecule has 0 spiro atoms. The zero-order valence-electron chi connectivity index (χ0n) is 8.82. The Morgan fingerprint density at radius 2 is 1.50 bits per heavy atom. The van der Waals surface area contributed by atoms with Crippen molar-refractivity contribution >= 4 is 0 Å². The lowest BCUT2D eigenvalue weighted by Gasteiger charge is -1.99. The van der Waals surface area contributed by atoms with E-state index in [0.29, 0.717) is 5.70 Å². The summed E-state index contributed by atoms with van der Waals surface area (Å²) in [4.78, 5) is 0. The summed E-state index contributed by atoms with van der Waals surface area (Å²) in [6.45, 7) is 19.4. The molecule has 0 aromatic carbocycles. The van der Waals surface area contributed by atoms with E-state index in [-0.39, 0.29) is 0 Å². The van der Waals surface area contributed by atoms with Crippen LogP contribution in [0.15, 0.2) is 37.6 Å². The molecule has 0 heterocycles. The summed E-state index contributed by atoms with van der Waals surface area (Å²) >= 11 is 0. The Morgan fingerprint density at radius 3 is 1.58 bits per heavy atom. The van der Waals surface area contributed by atoms with Crippen molar-refractivity contribution in [3.8, 4) is 0 Å². The summed E-state index contributed by atoms with van der Waals surface area (Å²) in [5.41, 5.74) is 6.91. The molecule has 0 aliphatic carbocycles. The second-order valence-electron chi connectivity index (χ2n) is 1.88. The lowest BCUT2D eigenvalue weighted by molar-refractivity contribution is 0.913. The van der Waals surface area contributed by atoms with Crippen LogP contribution in [0, 0.1) is 0 Å². The molecule has 0 aliphatic heterocycles. The van der Waals surface area contributed by atoms with Gasteiger partial charge in [-0.05, 0) is 12.0 Å². The van der Waals surface area contributed by atoms with Crippen LogP contribution in [0.3, 0.4) is 0 Å². The van der Waals surface area contributed by atoms with Gasteiger partial charge in [-0.2, -0.15) is 0 Å². The standard InChI is InChI=1S/C7H13N.C2H6.C2H4/c1-4-5-6(2)7(3)8;2*1-2/h2-5,8H2,1H3;1-2H3;1-2H2. The molecular weight excluding hydrogens is 146 g/mol. The van der Waals surface area contributed by atoms with Gasteiger partial charge in [0, 0.05) is 5.70 Å². The van der Waals surface area contributed by atoms with Crippen molar-refractivity contribution in [3.63, 3.8) is 0 Å². The Balaban J connectivity index is -0.000000175. The fraction of sp³-hybridized carbons (Fsp3) is 0.455. The minimum absolute atomic E-state index is 0.617. The smallest absolute Gasteiger partial charge is 0.0267 e. The van der Waals surface area contributed by atoms with Gasteiger partial charge in [-0.25, -0.2) is 0 Å². The highest BCUT2D eigenvalue weighted by Gasteiger charge is 1.89. The number of nitrogens with two attached hydrogens (primary N) is 1. The SMILES string of the molecule is C=C.C=C(N)C(=C)CCC.CC. The van der Waals surface area contributed by atoms with E-state index in [9.17, 15) is 0 Å². The highest BCUT2D eigenvalue weighted by molar-refractivity contribution is 5.20. The van der Waals surface area contributed by atoms with Crippen molar-refractivity contribution in [1.29, 1.82) is 0 Å². The number of hydrogen-bond donors (Lipinski definition) is 1. The van der Waals surface area contributed by atoms with Crippen LogP contribution in [0.4, 0.5) is 0 Å². The van der Waals surface area contributed by atoms with Crippen molar-refractivity contribution < 1.29 is 0 Å². The van der Waals surface area contributed by atoms with Gasteiger partial charge in [0.05, 0.1) is 0 Å². The molecule has 0 aliphatic rings. The van der Waals surface area contributed by atoms with E-state index in [1.54, 1.807) is 0 Å². The highest BCUT2D eigenvalue weighted by Crippen LogP contribution is 2.05. The highest BCUT2D eigenvalue weighted by atomic mass is 14.6. The number of rotatable bonds is 3. The predicted octanol–water partition coefficient (Wildman–Crippen LogP) is 3.64. The van der Waals surface area contributed by atoms with Gasteiger partial charge in [0.15, 0.2) is 0 Å². The average Bonchev–Trinajstić information content (AvgIpc) is 2.12. The van der Waals surface area contributed by atoms with Crippen LogP contribution in [-0.4, -0.2) is 0 Å². The minimum Gasteiger partial charge on any atom is -0.399 e. The average molecular weight is 169 g/mol. The maximum atomic E-state index is 5.33. The number of hydrogen-bond acceptors (Lipinski definition) is 1. The van der Waals surface area contributed by atoms with Crippen molar-refractivity contribution in [2.24, 2.45) is 5.73 Å². The summed E-state index contributed by atoms with van der Waals surface area (Å²) in [5.74, 6) is 0. The summed E-state index contributed by atoms with van der Waals surface area (Å²) in [5, 5.41) is 0. The predicted molar refractivity (Wildman–Crippen MR) is 60.0 cm³/mol. The van der Waals surface area contributed by atoms with Crippen LogP contribution in [0.5, 0.6) is 0 Å². The summed E-state index contributed by atoms with van der Waals surface area (Å²) in [7, 11) is 0. The van der Waals surface area contributed by atoms with E-state index in [1.165, 1.54) is 0 Å². The first-order chi connectivity index (χ1) is 5.68. The minimum atomic E-state index is 0.617. The van der Waals surface area contributed by atoms with Crippen molar-refractivity contribution in [3.05, 3.63) is 37.6 Å². The third-order valence-corrected chi connectivity index (χ3v) is 1.01. The van der Waals surface area contributed by atoms with Crippen LogP contribution < -0.4 is 5.73 Å². The van der Waals surface area contributed by atoms with Crippen LogP contribution >= 0.6 is 0 Å². The second kappa shape index (κ2) is 16.5. The molecule has 0 rings (SSSR count). The van der Waals surface area contributed by atoms with Gasteiger partial charge in [-0.15, -0.1) is 13.2 Å². The second-order valence-corrected chi connectivity index (χ2v) is 1.88. The molecule has 0 atom stereocenters. The maximum Gasteiger partial charge on any atom is 0.0267 e. The molecule has 0 fully saturated rings. The van der Waals surface area contributed by atoms with E-state index < -0.39 is 0 Å². The first kappa shape index (κ1) is 17.2. The van der Waals surface area contributed by atoms with E-state index in [4.69, 9.17) is 5.73 Å². The van der Waals surface area contributed by atoms with Crippen LogP contribution in [0.25, 0.3) is 0 Å². The molecule has 72 valence electrons. The van der Waals surface area contributed by atoms with Gasteiger partial charge >= 0.3 is 0 Å². The summed E-state index contributed by atoms with van der Waals surface area (Å²) in [6, 6.07) is 0. The molecular formula is C11H23N. The molecule has 0 amide bonds. The van der Waals surface area contributed by atoms with E-state index in [2.05, 4.69) is 33.2 Å². The molecule has 12 heavy (non-hydrogen) atoms. The fourth-order valence-electron chi connectivity index (χ4n) is 0.462. The molecule has 2 N–H and O–H groups in total. The summed E-state index contributed by atoms with van der Waals surface area (Å²) < 4.78 is 0. The monoisotopic (exact) mass is 169 g/mol. The molecule has 0 saturated heterocycles. The van der Waals surface area contributed by atoms with Crippen molar-refractivity contribution in [2.75, 3.05) is 0 Å². The van der Waals surface area contributed by atoms with Gasteiger partial charge in [-0.1, -0.05) is 40.3 Å². The van der Waals surface area contributed by atoms with Crippen molar-refractivity contribution in [1.82, 2.24) is 0 Å². The lowest BCUT2D eigenvalue weighted by atomic mass is 10.1. The van der Waals surface area contributed by atoms with E-state index >= 15 is 0 Å². The normalized spacial score (nSPS) is 6.58. The lowest BCUT2D eigenvalue weighted by Crippen LogP contribution is -1.96. The Morgan fingerprint density at radius 1 is 1.17 bits per heavy atom. The van der Waals surface area contributed by atoms with Gasteiger partial charge < -0.3 is 5.73 Å². The summed E-state index contributed by atoms with van der Waals surface area (Å²) in [6.07, 6.45) is 2.06. The van der Waals surface area contributed by atoms with Crippen LogP contribution in [0.1, 0.15) is 33.6 Å². The zero-order chi connectivity index (χ0) is 10.6. The van der Waals surface area contributed by atoms with Gasteiger partial charge in [0.1, 0.15) is 0 Å². The molecule has 0 aromatic rings. The first-order valence-corrected chi connectivity index (χ1v) is 4.31. The topological polar surface area (TPSA) is 26.0 Å². The molecule has 0 radical (unpaired) electrons. The van der Waals surface area contributed by atoms with Gasteiger partial charge in [0.2, 0.25) is 0 Å². The Labute approximate surface area is 77.7 Å². The fourth-order valence-corrected chi connectivity index (χ4v) is 0.462. The van der Waals surface area contributed by atoms with Crippen molar-refractivity contribution in [2.45, 2.75) is 33.6 Å². The molecule has 0 unspecified atom stereocenters. The third kappa shape index (κ3) is 16.0. The van der Waals surface area contributed by atoms with Crippen LogP contribution in [-0.2, 0) is 0 Å². The van der Waals surface area contributed by atoms with E-state index in [1.807, 2.05) is 13.8 Å². The molecule has 0 saturated carbocycles. The Bertz CT molecular complexity index is 114. The van der Waals surface area contributed by atoms with E-state index in [0.717, 1.165) is 18.4 Å².